The Hall–Kier alpha value is -1.52. The monoisotopic (exact) mass is 418 g/mol. The van der Waals surface area contributed by atoms with Crippen molar-refractivity contribution < 1.29 is 21.6 Å². The third-order valence-electron chi connectivity index (χ3n) is 2.93. The van der Waals surface area contributed by atoms with Gasteiger partial charge in [0.15, 0.2) is 0 Å². The highest BCUT2D eigenvalue weighted by atomic mass is 36.0. The maximum Gasteiger partial charge on any atom is 0.453 e. The fourth-order valence-electron chi connectivity index (χ4n) is 1.97. The second kappa shape index (κ2) is 8.24. The van der Waals surface area contributed by atoms with Gasteiger partial charge in [-0.25, -0.2) is 0 Å². The van der Waals surface area contributed by atoms with E-state index in [1.807, 2.05) is 26.0 Å². The van der Waals surface area contributed by atoms with Crippen LogP contribution in [-0.4, -0.2) is 30.2 Å². The molecule has 1 N–H and O–H groups in total. The topological polar surface area (TPSA) is 76.9 Å². The zero-order chi connectivity index (χ0) is 19.4. The van der Waals surface area contributed by atoms with Crippen LogP contribution >= 0.6 is 21.4 Å². The molecule has 0 aliphatic carbocycles. The van der Waals surface area contributed by atoms with E-state index in [0.717, 1.165) is 11.1 Å². The first-order valence-electron chi connectivity index (χ1n) is 6.83. The maximum atomic E-state index is 12.7. The van der Waals surface area contributed by atoms with E-state index < -0.39 is 20.3 Å². The van der Waals surface area contributed by atoms with Crippen molar-refractivity contribution in [1.82, 2.24) is 14.8 Å². The molecule has 0 spiro atoms. The van der Waals surface area contributed by atoms with Gasteiger partial charge in [-0.2, -0.15) is 31.3 Å². The smallest absolute Gasteiger partial charge is 0.357 e. The number of halogens is 5. The van der Waals surface area contributed by atoms with E-state index in [0.29, 0.717) is 12.1 Å². The van der Waals surface area contributed by atoms with Gasteiger partial charge >= 0.3 is 14.4 Å². The molecule has 1 heterocycles. The van der Waals surface area contributed by atoms with Gasteiger partial charge in [0.25, 0.3) is 5.82 Å². The van der Waals surface area contributed by atoms with Gasteiger partial charge in [-0.15, -0.1) is 5.10 Å². The Kier molecular flexibility index (Phi) is 7.09. The molecule has 12 heteroatoms. The molecule has 0 saturated heterocycles. The zero-order valence-corrected chi connectivity index (χ0v) is 15.7. The van der Waals surface area contributed by atoms with Crippen LogP contribution in [0.3, 0.4) is 0 Å². The SMILES string of the molecule is CCc1cc(C)ccc1-n1nc(C(F)(F)F)nc1NC.O=S(=O)(Cl)Cl. The Bertz CT molecular complexity index is 830. The number of aryl methyl sites for hydroxylation is 2. The highest BCUT2D eigenvalue weighted by molar-refractivity contribution is 8.31. The van der Waals surface area contributed by atoms with E-state index in [1.165, 1.54) is 11.7 Å². The summed E-state index contributed by atoms with van der Waals surface area (Å²) in [6.07, 6.45) is -3.87. The Morgan fingerprint density at radius 3 is 2.28 bits per heavy atom. The highest BCUT2D eigenvalue weighted by Gasteiger charge is 2.37. The minimum absolute atomic E-state index is 0.0656. The molecular formula is C13H15Cl2F3N4O2S. The van der Waals surface area contributed by atoms with Crippen LogP contribution < -0.4 is 5.32 Å². The van der Waals surface area contributed by atoms with Crippen LogP contribution in [0.25, 0.3) is 5.69 Å². The van der Waals surface area contributed by atoms with Gasteiger partial charge in [-0.1, -0.05) is 24.6 Å². The van der Waals surface area contributed by atoms with Gasteiger partial charge in [0.1, 0.15) is 0 Å². The first kappa shape index (κ1) is 21.5. The lowest BCUT2D eigenvalue weighted by molar-refractivity contribution is -0.144. The summed E-state index contributed by atoms with van der Waals surface area (Å²) in [5, 5.41) is 6.22. The number of alkyl halides is 3. The number of anilines is 1. The van der Waals surface area contributed by atoms with Crippen molar-refractivity contribution in [3.63, 3.8) is 0 Å². The fraction of sp³-hybridized carbons (Fsp3) is 0.385. The number of benzene rings is 1. The van der Waals surface area contributed by atoms with Crippen LogP contribution in [0.1, 0.15) is 23.9 Å². The molecule has 0 bridgehead atoms. The van der Waals surface area contributed by atoms with Gasteiger partial charge < -0.3 is 5.32 Å². The number of rotatable bonds is 3. The average molecular weight is 419 g/mol. The Balaban J connectivity index is 0.000000550. The van der Waals surface area contributed by atoms with E-state index in [9.17, 15) is 13.2 Å². The fourth-order valence-corrected chi connectivity index (χ4v) is 1.97. The molecule has 0 unspecified atom stereocenters. The van der Waals surface area contributed by atoms with Crippen LogP contribution in [0.2, 0.25) is 0 Å². The van der Waals surface area contributed by atoms with Gasteiger partial charge in [-0.05, 0) is 25.0 Å². The molecule has 0 aliphatic rings. The van der Waals surface area contributed by atoms with E-state index in [1.54, 1.807) is 6.07 Å². The van der Waals surface area contributed by atoms with Crippen molar-refractivity contribution in [3.8, 4) is 5.69 Å². The Morgan fingerprint density at radius 1 is 1.28 bits per heavy atom. The largest absolute Gasteiger partial charge is 0.453 e. The molecule has 0 radical (unpaired) electrons. The molecule has 2 aromatic rings. The Morgan fingerprint density at radius 2 is 1.84 bits per heavy atom. The molecule has 1 aromatic heterocycles. The van der Waals surface area contributed by atoms with Crippen molar-refractivity contribution in [1.29, 1.82) is 0 Å². The third kappa shape index (κ3) is 6.71. The van der Waals surface area contributed by atoms with E-state index in [4.69, 9.17) is 8.42 Å². The number of hydrogen-bond donors (Lipinski definition) is 1. The lowest BCUT2D eigenvalue weighted by Crippen LogP contribution is -2.09. The van der Waals surface area contributed by atoms with E-state index in [-0.39, 0.29) is 5.95 Å². The van der Waals surface area contributed by atoms with Crippen molar-refractivity contribution in [2.24, 2.45) is 0 Å². The van der Waals surface area contributed by atoms with Gasteiger partial charge in [-0.3, -0.25) is 0 Å². The van der Waals surface area contributed by atoms with E-state index in [2.05, 4.69) is 36.8 Å². The van der Waals surface area contributed by atoms with Crippen molar-refractivity contribution in [2.45, 2.75) is 26.4 Å². The molecular weight excluding hydrogens is 404 g/mol. The van der Waals surface area contributed by atoms with Crippen LogP contribution in [0.4, 0.5) is 19.1 Å². The minimum Gasteiger partial charge on any atom is -0.357 e. The molecule has 140 valence electrons. The van der Waals surface area contributed by atoms with Gasteiger partial charge in [0, 0.05) is 28.4 Å². The number of nitrogens with zero attached hydrogens (tertiary/aromatic N) is 3. The predicted molar refractivity (Wildman–Crippen MR) is 90.6 cm³/mol. The normalized spacial score (nSPS) is 11.7. The maximum absolute atomic E-state index is 12.7. The highest BCUT2D eigenvalue weighted by Crippen LogP contribution is 2.29. The molecule has 0 saturated carbocycles. The van der Waals surface area contributed by atoms with Gasteiger partial charge in [0.05, 0.1) is 5.69 Å². The first-order valence-corrected chi connectivity index (χ1v) is 9.96. The van der Waals surface area contributed by atoms with Crippen LogP contribution in [-0.2, 0) is 20.9 Å². The first-order chi connectivity index (χ1) is 11.4. The number of hydrogen-bond acceptors (Lipinski definition) is 5. The summed E-state index contributed by atoms with van der Waals surface area (Å²) >= 11 is 0. The molecule has 6 nitrogen and oxygen atoms in total. The summed E-state index contributed by atoms with van der Waals surface area (Å²) in [6.45, 7) is 3.88. The third-order valence-corrected chi connectivity index (χ3v) is 2.93. The van der Waals surface area contributed by atoms with Crippen molar-refractivity contribution >= 4 is 35.6 Å². The second-order valence-electron chi connectivity index (χ2n) is 4.78. The molecule has 0 aliphatic heterocycles. The van der Waals surface area contributed by atoms with Crippen LogP contribution in [0, 0.1) is 6.92 Å². The number of aromatic nitrogens is 3. The molecule has 0 atom stereocenters. The summed E-state index contributed by atoms with van der Waals surface area (Å²) < 4.78 is 57.7. The predicted octanol–water partition coefficient (Wildman–Crippen LogP) is 3.91. The van der Waals surface area contributed by atoms with E-state index >= 15 is 0 Å². The van der Waals surface area contributed by atoms with Crippen LogP contribution in [0.5, 0.6) is 0 Å². The molecule has 25 heavy (non-hydrogen) atoms. The summed E-state index contributed by atoms with van der Waals surface area (Å²) in [4.78, 5) is 3.49. The molecule has 0 fully saturated rings. The quantitative estimate of drug-likeness (QED) is 0.764. The van der Waals surface area contributed by atoms with Crippen LogP contribution in [0.15, 0.2) is 18.2 Å². The summed E-state index contributed by atoms with van der Waals surface area (Å²) in [6, 6.07) is 5.52. The summed E-state index contributed by atoms with van der Waals surface area (Å²) in [7, 11) is 6.33. The van der Waals surface area contributed by atoms with Gasteiger partial charge in [0.2, 0.25) is 5.95 Å². The molecule has 2 rings (SSSR count). The standard InChI is InChI=1S/C13H15F3N4.Cl2O2S/c1-4-9-7-8(2)5-6-10(9)20-12(17-3)18-11(19-20)13(14,15)16;1-5(2,3)4/h5-7H,4H2,1-3H3,(H,17,18,19);. The molecule has 1 aromatic carbocycles. The summed E-state index contributed by atoms with van der Waals surface area (Å²) in [5.41, 5.74) is 2.57. The Labute approximate surface area is 151 Å². The van der Waals surface area contributed by atoms with Crippen molar-refractivity contribution in [2.75, 3.05) is 12.4 Å². The lowest BCUT2D eigenvalue weighted by atomic mass is 10.1. The second-order valence-corrected chi connectivity index (χ2v) is 8.45. The number of nitrogens with one attached hydrogen (secondary N) is 1. The minimum atomic E-state index is -4.56. The average Bonchev–Trinajstić information content (AvgIpc) is 2.89. The summed E-state index contributed by atoms with van der Waals surface area (Å²) in [5.74, 6) is -1.08. The molecule has 0 amide bonds. The lowest BCUT2D eigenvalue weighted by Gasteiger charge is -2.10. The van der Waals surface area contributed by atoms with Crippen molar-refractivity contribution in [3.05, 3.63) is 35.2 Å². The zero-order valence-electron chi connectivity index (χ0n) is 13.4.